The van der Waals surface area contributed by atoms with Crippen LogP contribution in [0.15, 0.2) is 58.4 Å². The van der Waals surface area contributed by atoms with Crippen molar-refractivity contribution in [2.75, 3.05) is 18.1 Å². The Bertz CT molecular complexity index is 1300. The summed E-state index contributed by atoms with van der Waals surface area (Å²) >= 11 is 1.38. The van der Waals surface area contributed by atoms with E-state index in [1.807, 2.05) is 31.2 Å². The number of anilines is 1. The molecule has 0 saturated carbocycles. The number of hydrogen-bond donors (Lipinski definition) is 1. The lowest BCUT2D eigenvalue weighted by atomic mass is 10.2. The van der Waals surface area contributed by atoms with E-state index in [1.165, 1.54) is 29.2 Å². The predicted octanol–water partition coefficient (Wildman–Crippen LogP) is 2.32. The molecule has 0 spiro atoms. The molecule has 9 nitrogen and oxygen atoms in total. The molecular weight excluding hydrogens is 452 g/mol. The number of esters is 1. The summed E-state index contributed by atoms with van der Waals surface area (Å²) in [7, 11) is -3.71. The molecule has 1 aliphatic heterocycles. The van der Waals surface area contributed by atoms with E-state index in [0.29, 0.717) is 17.2 Å². The molecule has 166 valence electrons. The van der Waals surface area contributed by atoms with Crippen LogP contribution < -0.4 is 9.62 Å². The van der Waals surface area contributed by atoms with Gasteiger partial charge in [-0.05, 0) is 38.1 Å². The highest BCUT2D eigenvalue weighted by Gasteiger charge is 2.31. The number of thiazole rings is 1. The van der Waals surface area contributed by atoms with Gasteiger partial charge in [0.05, 0.1) is 15.1 Å². The van der Waals surface area contributed by atoms with Gasteiger partial charge < -0.3 is 4.74 Å². The molecule has 1 N–H and O–H groups in total. The quantitative estimate of drug-likeness (QED) is 0.550. The zero-order valence-electron chi connectivity index (χ0n) is 17.3. The minimum Gasteiger partial charge on any atom is -0.454 e. The second-order valence-corrected chi connectivity index (χ2v) is 9.63. The van der Waals surface area contributed by atoms with E-state index in [1.54, 1.807) is 18.2 Å². The minimum atomic E-state index is -3.71. The molecule has 3 aromatic rings. The SMILES string of the molecule is CCN(C(=O)COC(=O)C(C)N=C1NS(=O)(=O)c2ccccc21)c1nc2ccccc2s1. The maximum Gasteiger partial charge on any atom is 0.331 e. The van der Waals surface area contributed by atoms with E-state index in [2.05, 4.69) is 14.7 Å². The zero-order chi connectivity index (χ0) is 22.9. The van der Waals surface area contributed by atoms with Crippen molar-refractivity contribution >= 4 is 54.4 Å². The molecule has 1 aliphatic rings. The van der Waals surface area contributed by atoms with Crippen molar-refractivity contribution in [2.24, 2.45) is 4.99 Å². The molecule has 0 aliphatic carbocycles. The highest BCUT2D eigenvalue weighted by Crippen LogP contribution is 2.28. The minimum absolute atomic E-state index is 0.0704. The summed E-state index contributed by atoms with van der Waals surface area (Å²) in [5.41, 5.74) is 1.18. The number of aliphatic imine (C=N–C) groups is 1. The summed E-state index contributed by atoms with van der Waals surface area (Å²) in [6.07, 6.45) is 0. The van der Waals surface area contributed by atoms with E-state index in [0.717, 1.165) is 10.2 Å². The van der Waals surface area contributed by atoms with Gasteiger partial charge in [-0.25, -0.2) is 18.2 Å². The van der Waals surface area contributed by atoms with Crippen molar-refractivity contribution in [3.63, 3.8) is 0 Å². The van der Waals surface area contributed by atoms with Crippen molar-refractivity contribution < 1.29 is 22.7 Å². The van der Waals surface area contributed by atoms with Crippen LogP contribution in [0.3, 0.4) is 0 Å². The standard InChI is InChI=1S/C21H20N4O5S2/c1-3-25(21-23-15-9-5-6-10-16(15)31-21)18(26)12-30-20(27)13(2)22-19-14-8-4-7-11-17(14)32(28,29)24-19/h4-11,13H,3,12H2,1-2H3,(H,22,24). The second kappa shape index (κ2) is 8.67. The number of carbonyl (C=O) groups is 2. The monoisotopic (exact) mass is 472 g/mol. The number of nitrogens with zero attached hydrogens (tertiary/aromatic N) is 3. The molecule has 0 radical (unpaired) electrons. The number of nitrogens with one attached hydrogen (secondary N) is 1. The smallest absolute Gasteiger partial charge is 0.331 e. The summed E-state index contributed by atoms with van der Waals surface area (Å²) in [6.45, 7) is 3.18. The number of benzene rings is 2. The van der Waals surface area contributed by atoms with Crippen LogP contribution in [-0.2, 0) is 24.3 Å². The topological polar surface area (TPSA) is 118 Å². The van der Waals surface area contributed by atoms with E-state index in [-0.39, 0.29) is 10.7 Å². The first-order chi connectivity index (χ1) is 15.3. The van der Waals surface area contributed by atoms with Crippen molar-refractivity contribution in [1.29, 1.82) is 0 Å². The molecule has 2 aromatic carbocycles. The molecule has 0 saturated heterocycles. The van der Waals surface area contributed by atoms with Crippen LogP contribution in [0.2, 0.25) is 0 Å². The van der Waals surface area contributed by atoms with Gasteiger partial charge in [-0.3, -0.25) is 19.4 Å². The third kappa shape index (κ3) is 4.21. The number of amides is 1. The lowest BCUT2D eigenvalue weighted by molar-refractivity contribution is -0.148. The third-order valence-electron chi connectivity index (χ3n) is 4.80. The van der Waals surface area contributed by atoms with Crippen LogP contribution in [0, 0.1) is 0 Å². The Morgan fingerprint density at radius 1 is 1.19 bits per heavy atom. The van der Waals surface area contributed by atoms with Crippen LogP contribution in [0.1, 0.15) is 19.4 Å². The Labute approximate surface area is 188 Å². The fraction of sp³-hybridized carbons (Fsp3) is 0.238. The first kappa shape index (κ1) is 21.9. The average Bonchev–Trinajstić information content (AvgIpc) is 3.31. The highest BCUT2D eigenvalue weighted by atomic mass is 32.2. The fourth-order valence-corrected chi connectivity index (χ4v) is 5.49. The maximum atomic E-state index is 12.7. The van der Waals surface area contributed by atoms with Gasteiger partial charge in [-0.1, -0.05) is 35.6 Å². The summed E-state index contributed by atoms with van der Waals surface area (Å²) in [6, 6.07) is 12.9. The summed E-state index contributed by atoms with van der Waals surface area (Å²) in [5.74, 6) is -1.08. The molecule has 1 aromatic heterocycles. The van der Waals surface area contributed by atoms with Gasteiger partial charge in [0.25, 0.3) is 15.9 Å². The highest BCUT2D eigenvalue weighted by molar-refractivity contribution is 7.90. The molecule has 4 rings (SSSR count). The van der Waals surface area contributed by atoms with E-state index in [9.17, 15) is 18.0 Å². The molecule has 1 atom stereocenters. The number of likely N-dealkylation sites (N-methyl/N-ethyl adjacent to an activating group) is 1. The molecule has 1 unspecified atom stereocenters. The van der Waals surface area contributed by atoms with Crippen LogP contribution in [0.5, 0.6) is 0 Å². The molecule has 32 heavy (non-hydrogen) atoms. The van der Waals surface area contributed by atoms with Gasteiger partial charge in [0.15, 0.2) is 11.7 Å². The fourth-order valence-electron chi connectivity index (χ4n) is 3.20. The van der Waals surface area contributed by atoms with Crippen LogP contribution in [0.25, 0.3) is 10.2 Å². The molecule has 2 heterocycles. The number of aromatic nitrogens is 1. The Morgan fingerprint density at radius 2 is 1.91 bits per heavy atom. The molecule has 1 amide bonds. The third-order valence-corrected chi connectivity index (χ3v) is 7.25. The number of rotatable bonds is 6. The Kier molecular flexibility index (Phi) is 5.94. The van der Waals surface area contributed by atoms with Crippen molar-refractivity contribution in [1.82, 2.24) is 9.71 Å². The number of amidine groups is 1. The number of para-hydroxylation sites is 1. The second-order valence-electron chi connectivity index (χ2n) is 6.97. The Hall–Kier alpha value is -3.31. The normalized spacial score (nSPS) is 16.4. The first-order valence-corrected chi connectivity index (χ1v) is 12.1. The number of sulfonamides is 1. The number of ether oxygens (including phenoxy) is 1. The van der Waals surface area contributed by atoms with Crippen molar-refractivity contribution in [2.45, 2.75) is 24.8 Å². The van der Waals surface area contributed by atoms with Gasteiger partial charge in [0, 0.05) is 12.1 Å². The van der Waals surface area contributed by atoms with Crippen LogP contribution >= 0.6 is 11.3 Å². The molecule has 0 bridgehead atoms. The Morgan fingerprint density at radius 3 is 2.66 bits per heavy atom. The van der Waals surface area contributed by atoms with Gasteiger partial charge in [0.2, 0.25) is 0 Å². The van der Waals surface area contributed by atoms with Crippen molar-refractivity contribution in [3.05, 3.63) is 54.1 Å². The summed E-state index contributed by atoms with van der Waals surface area (Å²) in [4.78, 5) is 35.2. The van der Waals surface area contributed by atoms with Crippen LogP contribution in [0.4, 0.5) is 5.13 Å². The van der Waals surface area contributed by atoms with Gasteiger partial charge in [-0.2, -0.15) is 0 Å². The van der Waals surface area contributed by atoms with E-state index in [4.69, 9.17) is 4.74 Å². The maximum absolute atomic E-state index is 12.7. The first-order valence-electron chi connectivity index (χ1n) is 9.82. The zero-order valence-corrected chi connectivity index (χ0v) is 18.9. The Balaban J connectivity index is 1.43. The molecule has 0 fully saturated rings. The van der Waals surface area contributed by atoms with Gasteiger partial charge >= 0.3 is 5.97 Å². The van der Waals surface area contributed by atoms with E-state index >= 15 is 0 Å². The van der Waals surface area contributed by atoms with E-state index < -0.39 is 34.5 Å². The van der Waals surface area contributed by atoms with Crippen molar-refractivity contribution in [3.8, 4) is 0 Å². The van der Waals surface area contributed by atoms with Gasteiger partial charge in [0.1, 0.15) is 11.9 Å². The number of hydrogen-bond acceptors (Lipinski definition) is 8. The molecule has 11 heteroatoms. The van der Waals surface area contributed by atoms with Gasteiger partial charge in [-0.15, -0.1) is 0 Å². The average molecular weight is 473 g/mol. The van der Waals surface area contributed by atoms with Crippen LogP contribution in [-0.4, -0.2) is 50.3 Å². The lowest BCUT2D eigenvalue weighted by Crippen LogP contribution is -2.35. The predicted molar refractivity (Wildman–Crippen MR) is 121 cm³/mol. The largest absolute Gasteiger partial charge is 0.454 e. The lowest BCUT2D eigenvalue weighted by Gasteiger charge is -2.18. The molecular formula is C21H20N4O5S2. The summed E-state index contributed by atoms with van der Waals surface area (Å²) in [5, 5.41) is 0.528. The number of carbonyl (C=O) groups excluding carboxylic acids is 2. The number of fused-ring (bicyclic) bond motifs is 2. The summed E-state index contributed by atoms with van der Waals surface area (Å²) < 4.78 is 32.8.